The second-order valence-corrected chi connectivity index (χ2v) is 9.33. The molecule has 0 radical (unpaired) electrons. The van der Waals surface area contributed by atoms with E-state index < -0.39 is 5.60 Å². The molecule has 0 amide bonds. The summed E-state index contributed by atoms with van der Waals surface area (Å²) >= 11 is 12.3. The summed E-state index contributed by atoms with van der Waals surface area (Å²) in [7, 11) is 0. The van der Waals surface area contributed by atoms with Gasteiger partial charge in [-0.3, -0.25) is 0 Å². The lowest BCUT2D eigenvalue weighted by Gasteiger charge is -2.52. The summed E-state index contributed by atoms with van der Waals surface area (Å²) in [4.78, 5) is 0. The van der Waals surface area contributed by atoms with Gasteiger partial charge in [-0.25, -0.2) is 0 Å². The summed E-state index contributed by atoms with van der Waals surface area (Å²) in [5, 5.41) is 17.4. The van der Waals surface area contributed by atoms with E-state index in [1.807, 2.05) is 66.7 Å². The van der Waals surface area contributed by atoms with Crippen LogP contribution >= 0.6 is 23.2 Å². The average Bonchev–Trinajstić information content (AvgIpc) is 2.75. The van der Waals surface area contributed by atoms with Gasteiger partial charge in [-0.1, -0.05) is 91.6 Å². The van der Waals surface area contributed by atoms with E-state index >= 15 is 0 Å². The zero-order valence-corrected chi connectivity index (χ0v) is 18.7. The number of hydrogen-bond acceptors (Lipinski definition) is 2. The van der Waals surface area contributed by atoms with Crippen LogP contribution in [-0.4, -0.2) is 10.7 Å². The predicted molar refractivity (Wildman–Crippen MR) is 125 cm³/mol. The normalized spacial score (nSPS) is 29.0. The van der Waals surface area contributed by atoms with E-state index in [0.29, 0.717) is 16.5 Å². The van der Waals surface area contributed by atoms with Gasteiger partial charge in [-0.05, 0) is 41.0 Å². The molecule has 1 aliphatic heterocycles. The van der Waals surface area contributed by atoms with Crippen molar-refractivity contribution in [2.45, 2.75) is 38.0 Å². The van der Waals surface area contributed by atoms with Gasteiger partial charge >= 0.3 is 0 Å². The third kappa shape index (κ3) is 4.15. The van der Waals surface area contributed by atoms with E-state index in [0.717, 1.165) is 16.7 Å². The van der Waals surface area contributed by atoms with Crippen molar-refractivity contribution in [2.24, 2.45) is 11.8 Å². The molecular formula is C26H27Cl2NO. The molecule has 156 valence electrons. The van der Waals surface area contributed by atoms with E-state index in [2.05, 4.69) is 31.3 Å². The first-order valence-corrected chi connectivity index (χ1v) is 11.2. The Hall–Kier alpha value is -1.84. The van der Waals surface area contributed by atoms with Crippen LogP contribution < -0.4 is 5.32 Å². The van der Waals surface area contributed by atoms with Crippen molar-refractivity contribution in [1.82, 2.24) is 5.32 Å². The van der Waals surface area contributed by atoms with Crippen molar-refractivity contribution in [3.8, 4) is 0 Å². The summed E-state index contributed by atoms with van der Waals surface area (Å²) in [6, 6.07) is 26.1. The van der Waals surface area contributed by atoms with Crippen LogP contribution in [0.25, 0.3) is 0 Å². The minimum absolute atomic E-state index is 0.00238. The first-order valence-electron chi connectivity index (χ1n) is 10.4. The molecule has 4 heteroatoms. The number of aliphatic hydroxyl groups is 1. The molecule has 1 heterocycles. The number of rotatable bonds is 4. The van der Waals surface area contributed by atoms with E-state index in [4.69, 9.17) is 23.2 Å². The van der Waals surface area contributed by atoms with Crippen LogP contribution in [-0.2, 0) is 6.42 Å². The highest BCUT2D eigenvalue weighted by Crippen LogP contribution is 2.48. The quantitative estimate of drug-likeness (QED) is 0.478. The Kier molecular flexibility index (Phi) is 6.22. The topological polar surface area (TPSA) is 32.3 Å². The first kappa shape index (κ1) is 21.4. The largest absolute Gasteiger partial charge is 0.389 e. The second kappa shape index (κ2) is 8.72. The van der Waals surface area contributed by atoms with Gasteiger partial charge in [0.15, 0.2) is 0 Å². The molecule has 1 aliphatic rings. The molecule has 0 saturated carbocycles. The Bertz CT molecular complexity index is 915. The van der Waals surface area contributed by atoms with Crippen molar-refractivity contribution >= 4 is 23.2 Å². The highest BCUT2D eigenvalue weighted by Gasteiger charge is 2.51. The van der Waals surface area contributed by atoms with Crippen LogP contribution in [0, 0.1) is 11.8 Å². The molecule has 2 nitrogen and oxygen atoms in total. The lowest BCUT2D eigenvalue weighted by Crippen LogP contribution is -2.58. The molecular weight excluding hydrogens is 413 g/mol. The van der Waals surface area contributed by atoms with Crippen LogP contribution in [0.3, 0.4) is 0 Å². The monoisotopic (exact) mass is 439 g/mol. The molecule has 30 heavy (non-hydrogen) atoms. The first-order chi connectivity index (χ1) is 14.4. The van der Waals surface area contributed by atoms with E-state index in [-0.39, 0.29) is 23.9 Å². The Labute approximate surface area is 188 Å². The molecule has 3 aromatic carbocycles. The standard InChI is InChI=1S/C26H27Cl2NO/c1-17-24(20-8-12-22(27)13-9-20)29-25(21-10-14-23(28)15-11-21)18(2)26(17,30)16-19-6-4-3-5-7-19/h3-15,17-18,24-25,29-30H,16H2,1-2H3/t17-,18+,24-,25-,26?/m1/s1. The van der Waals surface area contributed by atoms with Crippen molar-refractivity contribution in [3.63, 3.8) is 0 Å². The van der Waals surface area contributed by atoms with Crippen LogP contribution in [0.5, 0.6) is 0 Å². The van der Waals surface area contributed by atoms with Gasteiger partial charge in [0.2, 0.25) is 0 Å². The lowest BCUT2D eigenvalue weighted by atomic mass is 9.64. The molecule has 0 aromatic heterocycles. The van der Waals surface area contributed by atoms with E-state index in [1.165, 1.54) is 0 Å². The van der Waals surface area contributed by atoms with Gasteiger partial charge in [0.1, 0.15) is 0 Å². The number of halogens is 2. The Morgan fingerprint density at radius 2 is 1.17 bits per heavy atom. The number of benzene rings is 3. The average molecular weight is 440 g/mol. The van der Waals surface area contributed by atoms with Crippen molar-refractivity contribution < 1.29 is 5.11 Å². The van der Waals surface area contributed by atoms with Gasteiger partial charge in [0.25, 0.3) is 0 Å². The fraction of sp³-hybridized carbons (Fsp3) is 0.308. The Morgan fingerprint density at radius 3 is 1.60 bits per heavy atom. The van der Waals surface area contributed by atoms with Crippen LogP contribution in [0.2, 0.25) is 10.0 Å². The van der Waals surface area contributed by atoms with Gasteiger partial charge in [0, 0.05) is 40.4 Å². The zero-order valence-electron chi connectivity index (χ0n) is 17.2. The summed E-state index contributed by atoms with van der Waals surface area (Å²) in [5.41, 5.74) is 2.51. The molecule has 1 saturated heterocycles. The van der Waals surface area contributed by atoms with Crippen LogP contribution in [0.4, 0.5) is 0 Å². The molecule has 5 atom stereocenters. The maximum Gasteiger partial charge on any atom is 0.0774 e. The Morgan fingerprint density at radius 1 is 0.733 bits per heavy atom. The van der Waals surface area contributed by atoms with E-state index in [9.17, 15) is 5.11 Å². The molecule has 0 bridgehead atoms. The molecule has 0 aliphatic carbocycles. The Balaban J connectivity index is 1.76. The maximum absolute atomic E-state index is 12.1. The summed E-state index contributed by atoms with van der Waals surface area (Å²) < 4.78 is 0. The van der Waals surface area contributed by atoms with E-state index in [1.54, 1.807) is 0 Å². The molecule has 1 unspecified atom stereocenters. The van der Waals surface area contributed by atoms with Gasteiger partial charge in [-0.15, -0.1) is 0 Å². The summed E-state index contributed by atoms with van der Waals surface area (Å²) in [5.74, 6) is -0.00476. The molecule has 0 spiro atoms. The van der Waals surface area contributed by atoms with Crippen molar-refractivity contribution in [2.75, 3.05) is 0 Å². The minimum Gasteiger partial charge on any atom is -0.389 e. The predicted octanol–water partition coefficient (Wildman–Crippen LogP) is 6.63. The zero-order chi connectivity index (χ0) is 21.3. The number of hydrogen-bond donors (Lipinski definition) is 2. The number of piperidine rings is 1. The molecule has 4 rings (SSSR count). The highest BCUT2D eigenvalue weighted by molar-refractivity contribution is 6.30. The SMILES string of the molecule is C[C@@H]1[C@H](c2ccc(Cl)cc2)N[C@@H](c2ccc(Cl)cc2)[C@H](C)C1(O)Cc1ccccc1. The smallest absolute Gasteiger partial charge is 0.0774 e. The summed E-state index contributed by atoms with van der Waals surface area (Å²) in [6.45, 7) is 4.29. The van der Waals surface area contributed by atoms with Gasteiger partial charge < -0.3 is 10.4 Å². The number of nitrogens with one attached hydrogen (secondary N) is 1. The molecule has 1 fully saturated rings. The van der Waals surface area contributed by atoms with Crippen LogP contribution in [0.1, 0.15) is 42.6 Å². The summed E-state index contributed by atoms with van der Waals surface area (Å²) in [6.07, 6.45) is 0.603. The fourth-order valence-electron chi connectivity index (χ4n) is 4.83. The lowest BCUT2D eigenvalue weighted by molar-refractivity contribution is -0.110. The van der Waals surface area contributed by atoms with Gasteiger partial charge in [-0.2, -0.15) is 0 Å². The van der Waals surface area contributed by atoms with Gasteiger partial charge in [0.05, 0.1) is 5.60 Å². The third-order valence-corrected chi connectivity index (χ3v) is 7.23. The second-order valence-electron chi connectivity index (χ2n) is 8.46. The molecule has 2 N–H and O–H groups in total. The minimum atomic E-state index is -0.888. The van der Waals surface area contributed by atoms with Crippen molar-refractivity contribution in [1.29, 1.82) is 0 Å². The fourth-order valence-corrected chi connectivity index (χ4v) is 5.08. The maximum atomic E-state index is 12.1. The third-order valence-electron chi connectivity index (χ3n) is 6.72. The highest BCUT2D eigenvalue weighted by atomic mass is 35.5. The van der Waals surface area contributed by atoms with Crippen LogP contribution in [0.15, 0.2) is 78.9 Å². The van der Waals surface area contributed by atoms with Crippen molar-refractivity contribution in [3.05, 3.63) is 106 Å². The molecule has 3 aromatic rings.